The Labute approximate surface area is 198 Å². The average Bonchev–Trinajstić information content (AvgIpc) is 2.76. The van der Waals surface area contributed by atoms with Crippen molar-refractivity contribution in [3.05, 3.63) is 74.9 Å². The van der Waals surface area contributed by atoms with Crippen LogP contribution in [0.25, 0.3) is 5.70 Å². The quantitative estimate of drug-likeness (QED) is 0.517. The van der Waals surface area contributed by atoms with Crippen LogP contribution < -0.4 is 9.47 Å². The van der Waals surface area contributed by atoms with Gasteiger partial charge in [0.15, 0.2) is 17.3 Å². The molecule has 1 atom stereocenters. The normalized spacial score (nSPS) is 21.4. The van der Waals surface area contributed by atoms with Crippen LogP contribution in [-0.4, -0.2) is 31.4 Å². The number of Topliss-reactive ketones (excluding diaryl/α,β-unsaturated/α-hetero) is 1. The van der Waals surface area contributed by atoms with E-state index in [1.54, 1.807) is 14.2 Å². The molecular weight excluding hydrogens is 466 g/mol. The Morgan fingerprint density at radius 2 is 1.81 bits per heavy atom. The molecule has 3 aliphatic rings. The maximum Gasteiger partial charge on any atom is 0.162 e. The third kappa shape index (κ3) is 3.47. The Balaban J connectivity index is 1.72. The molecule has 5 heteroatoms. The molecule has 0 amide bonds. The topological polar surface area (TPSA) is 38.8 Å². The number of hydrogen-bond donors (Lipinski definition) is 0. The molecular formula is C27H28BrNO3. The summed E-state index contributed by atoms with van der Waals surface area (Å²) in [6.07, 6.45) is 4.67. The van der Waals surface area contributed by atoms with Gasteiger partial charge in [-0.2, -0.15) is 0 Å². The highest BCUT2D eigenvalue weighted by Gasteiger charge is 2.42. The van der Waals surface area contributed by atoms with Crippen LogP contribution >= 0.6 is 15.9 Å². The number of carbonyl (C=O) groups is 1. The molecule has 32 heavy (non-hydrogen) atoms. The summed E-state index contributed by atoms with van der Waals surface area (Å²) in [6, 6.07) is 12.5. The predicted octanol–water partition coefficient (Wildman–Crippen LogP) is 6.11. The number of allylic oxidation sites excluding steroid dienone is 3. The van der Waals surface area contributed by atoms with Crippen LogP contribution in [0.4, 0.5) is 0 Å². The van der Waals surface area contributed by atoms with Crippen molar-refractivity contribution in [2.75, 3.05) is 20.8 Å². The lowest BCUT2D eigenvalue weighted by atomic mass is 9.69. The van der Waals surface area contributed by atoms with E-state index in [0.29, 0.717) is 6.42 Å². The molecule has 0 saturated heterocycles. The first-order valence-corrected chi connectivity index (χ1v) is 11.9. The number of hydrogen-bond acceptors (Lipinski definition) is 4. The van der Waals surface area contributed by atoms with Gasteiger partial charge < -0.3 is 14.4 Å². The van der Waals surface area contributed by atoms with Crippen LogP contribution in [0, 0.1) is 5.41 Å². The molecule has 0 aromatic heterocycles. The van der Waals surface area contributed by atoms with E-state index in [1.165, 1.54) is 17.0 Å². The zero-order valence-corrected chi connectivity index (χ0v) is 20.6. The minimum Gasteiger partial charge on any atom is -0.493 e. The van der Waals surface area contributed by atoms with Crippen molar-refractivity contribution in [3.8, 4) is 11.5 Å². The van der Waals surface area contributed by atoms with Crippen LogP contribution in [0.1, 0.15) is 49.3 Å². The second-order valence-corrected chi connectivity index (χ2v) is 10.6. The number of ketones is 1. The van der Waals surface area contributed by atoms with Gasteiger partial charge in [0.05, 0.1) is 14.2 Å². The Bertz CT molecular complexity index is 1180. The lowest BCUT2D eigenvalue weighted by Gasteiger charge is -2.46. The van der Waals surface area contributed by atoms with E-state index in [1.807, 2.05) is 12.1 Å². The van der Waals surface area contributed by atoms with Crippen molar-refractivity contribution in [2.24, 2.45) is 5.41 Å². The lowest BCUT2D eigenvalue weighted by molar-refractivity contribution is -0.118. The monoisotopic (exact) mass is 493 g/mol. The first-order valence-electron chi connectivity index (χ1n) is 11.1. The second-order valence-electron chi connectivity index (χ2n) is 9.65. The van der Waals surface area contributed by atoms with Crippen LogP contribution in [0.5, 0.6) is 11.5 Å². The largest absolute Gasteiger partial charge is 0.493 e. The maximum atomic E-state index is 13.5. The molecule has 0 radical (unpaired) electrons. The summed E-state index contributed by atoms with van der Waals surface area (Å²) in [5.74, 6) is 1.70. The smallest absolute Gasteiger partial charge is 0.162 e. The molecule has 2 aromatic rings. The van der Waals surface area contributed by atoms with Gasteiger partial charge in [-0.05, 0) is 59.7 Å². The molecule has 2 heterocycles. The van der Waals surface area contributed by atoms with Gasteiger partial charge in [-0.15, -0.1) is 0 Å². The lowest BCUT2D eigenvalue weighted by Crippen LogP contribution is -2.40. The highest BCUT2D eigenvalue weighted by atomic mass is 79.9. The number of methoxy groups -OCH3 is 2. The van der Waals surface area contributed by atoms with Crippen LogP contribution in [0.3, 0.4) is 0 Å². The Morgan fingerprint density at radius 1 is 1.06 bits per heavy atom. The molecule has 5 rings (SSSR count). The molecule has 0 saturated carbocycles. The second kappa shape index (κ2) is 7.80. The number of carbonyl (C=O) groups excluding carboxylic acids is 1. The summed E-state index contributed by atoms with van der Waals surface area (Å²) in [6.45, 7) is 5.26. The van der Waals surface area contributed by atoms with E-state index in [4.69, 9.17) is 9.47 Å². The van der Waals surface area contributed by atoms with Crippen molar-refractivity contribution >= 4 is 27.4 Å². The van der Waals surface area contributed by atoms with Gasteiger partial charge in [0, 0.05) is 45.9 Å². The molecule has 0 bridgehead atoms. The number of benzene rings is 2. The average molecular weight is 494 g/mol. The molecule has 0 unspecified atom stereocenters. The highest BCUT2D eigenvalue weighted by Crippen LogP contribution is 2.51. The van der Waals surface area contributed by atoms with E-state index in [9.17, 15) is 4.79 Å². The highest BCUT2D eigenvalue weighted by molar-refractivity contribution is 9.10. The molecule has 0 fully saturated rings. The first kappa shape index (κ1) is 21.3. The molecule has 4 nitrogen and oxygen atoms in total. The Hall–Kier alpha value is -2.53. The molecule has 0 N–H and O–H groups in total. The fourth-order valence-corrected chi connectivity index (χ4v) is 5.84. The fourth-order valence-electron chi connectivity index (χ4n) is 5.42. The van der Waals surface area contributed by atoms with E-state index < -0.39 is 0 Å². The number of rotatable bonds is 3. The molecule has 2 aliphatic heterocycles. The van der Waals surface area contributed by atoms with Crippen molar-refractivity contribution < 1.29 is 14.3 Å². The molecule has 2 aromatic carbocycles. The first-order chi connectivity index (χ1) is 15.3. The van der Waals surface area contributed by atoms with E-state index in [0.717, 1.165) is 52.1 Å². The summed E-state index contributed by atoms with van der Waals surface area (Å²) in [4.78, 5) is 15.8. The van der Waals surface area contributed by atoms with Gasteiger partial charge >= 0.3 is 0 Å². The summed E-state index contributed by atoms with van der Waals surface area (Å²) >= 11 is 3.62. The van der Waals surface area contributed by atoms with Gasteiger partial charge in [-0.1, -0.05) is 41.9 Å². The van der Waals surface area contributed by atoms with Crippen molar-refractivity contribution in [1.29, 1.82) is 0 Å². The number of fused-ring (bicyclic) bond motifs is 4. The van der Waals surface area contributed by atoms with Crippen molar-refractivity contribution in [2.45, 2.75) is 39.0 Å². The van der Waals surface area contributed by atoms with Crippen LogP contribution in [-0.2, 0) is 11.2 Å². The van der Waals surface area contributed by atoms with Gasteiger partial charge in [0.2, 0.25) is 0 Å². The predicted molar refractivity (Wildman–Crippen MR) is 130 cm³/mol. The molecule has 0 spiro atoms. The standard InChI is InChI=1S/C27H28BrNO3/c1-27(2)14-22-26(23(30)15-27)20(16-6-5-7-18(28)10-16)12-21-19-13-25(32-4)24(31-3)11-17(19)8-9-29(21)22/h5-7,10-13,20H,8-9,14-15H2,1-4H3/t20-/m0/s1. The third-order valence-corrected chi connectivity index (χ3v) is 7.34. The van der Waals surface area contributed by atoms with Crippen molar-refractivity contribution in [3.63, 3.8) is 0 Å². The van der Waals surface area contributed by atoms with E-state index in [2.05, 4.69) is 65.0 Å². The van der Waals surface area contributed by atoms with Gasteiger partial charge in [0.1, 0.15) is 0 Å². The van der Waals surface area contributed by atoms with Gasteiger partial charge in [0.25, 0.3) is 0 Å². The molecule has 1 aliphatic carbocycles. The van der Waals surface area contributed by atoms with Crippen LogP contribution in [0.2, 0.25) is 0 Å². The van der Waals surface area contributed by atoms with Crippen LogP contribution in [0.15, 0.2) is 58.2 Å². The molecule has 166 valence electrons. The zero-order valence-electron chi connectivity index (χ0n) is 19.0. The Morgan fingerprint density at radius 3 is 2.53 bits per heavy atom. The zero-order chi connectivity index (χ0) is 22.6. The minimum absolute atomic E-state index is 0.0436. The van der Waals surface area contributed by atoms with Gasteiger partial charge in [-0.25, -0.2) is 0 Å². The van der Waals surface area contributed by atoms with E-state index in [-0.39, 0.29) is 17.1 Å². The fraction of sp³-hybridized carbons (Fsp3) is 0.370. The maximum absolute atomic E-state index is 13.5. The van der Waals surface area contributed by atoms with E-state index >= 15 is 0 Å². The summed E-state index contributed by atoms with van der Waals surface area (Å²) in [7, 11) is 3.35. The third-order valence-electron chi connectivity index (χ3n) is 6.85. The Kier molecular flexibility index (Phi) is 5.20. The van der Waals surface area contributed by atoms with Gasteiger partial charge in [-0.3, -0.25) is 4.79 Å². The summed E-state index contributed by atoms with van der Waals surface area (Å²) in [5, 5.41) is 0. The number of ether oxygens (including phenoxy) is 2. The summed E-state index contributed by atoms with van der Waals surface area (Å²) in [5.41, 5.74) is 6.84. The minimum atomic E-state index is -0.0589. The van der Waals surface area contributed by atoms with Crippen molar-refractivity contribution in [1.82, 2.24) is 4.90 Å². The number of nitrogens with zero attached hydrogens (tertiary/aromatic N) is 1. The summed E-state index contributed by atoms with van der Waals surface area (Å²) < 4.78 is 12.2. The SMILES string of the molecule is COc1cc2c(cc1OC)C1=C[C@@H](c3cccc(Br)c3)C3=C(CC(C)(C)CC3=O)N1CC2. The number of halogens is 1.